The Balaban J connectivity index is 2.49. The average molecular weight is 212 g/mol. The lowest BCUT2D eigenvalue weighted by atomic mass is 10.0. The van der Waals surface area contributed by atoms with Crippen molar-refractivity contribution in [2.45, 2.75) is 32.2 Å². The molecular formula is C12H18ClN. The minimum absolute atomic E-state index is 0.603. The summed E-state index contributed by atoms with van der Waals surface area (Å²) >= 11 is 6.07. The van der Waals surface area contributed by atoms with Gasteiger partial charge in [-0.15, -0.1) is 0 Å². The van der Waals surface area contributed by atoms with Crippen LogP contribution >= 0.6 is 11.6 Å². The molecule has 1 atom stereocenters. The van der Waals surface area contributed by atoms with E-state index in [-0.39, 0.29) is 0 Å². The highest BCUT2D eigenvalue weighted by Crippen LogP contribution is 2.17. The summed E-state index contributed by atoms with van der Waals surface area (Å²) in [6.07, 6.45) is 3.37. The highest BCUT2D eigenvalue weighted by atomic mass is 35.5. The number of benzene rings is 1. The second kappa shape index (κ2) is 6.05. The van der Waals surface area contributed by atoms with E-state index in [1.165, 1.54) is 12.0 Å². The Morgan fingerprint density at radius 1 is 1.36 bits per heavy atom. The standard InChI is InChI=1S/C12H18ClN/c1-3-11(14-2)9-8-10-6-4-5-7-12(10)13/h4-7,11,14H,3,8-9H2,1-2H3. The molecule has 0 spiro atoms. The van der Waals surface area contributed by atoms with Crippen molar-refractivity contribution < 1.29 is 0 Å². The molecule has 0 aliphatic carbocycles. The molecule has 0 fully saturated rings. The fraction of sp³-hybridized carbons (Fsp3) is 0.500. The van der Waals surface area contributed by atoms with E-state index in [0.29, 0.717) is 6.04 Å². The third-order valence-electron chi connectivity index (χ3n) is 2.62. The number of rotatable bonds is 5. The van der Waals surface area contributed by atoms with Gasteiger partial charge in [0.1, 0.15) is 0 Å². The summed E-state index contributed by atoms with van der Waals surface area (Å²) in [7, 11) is 2.01. The summed E-state index contributed by atoms with van der Waals surface area (Å²) in [4.78, 5) is 0. The van der Waals surface area contributed by atoms with Gasteiger partial charge in [0, 0.05) is 11.1 Å². The van der Waals surface area contributed by atoms with Crippen molar-refractivity contribution >= 4 is 11.6 Å². The summed E-state index contributed by atoms with van der Waals surface area (Å²) in [5, 5.41) is 4.19. The van der Waals surface area contributed by atoms with E-state index in [1.807, 2.05) is 25.2 Å². The van der Waals surface area contributed by atoms with Crippen LogP contribution in [0.4, 0.5) is 0 Å². The second-order valence-electron chi connectivity index (χ2n) is 3.52. The van der Waals surface area contributed by atoms with E-state index < -0.39 is 0 Å². The van der Waals surface area contributed by atoms with Crippen molar-refractivity contribution in [1.82, 2.24) is 5.32 Å². The van der Waals surface area contributed by atoms with E-state index in [9.17, 15) is 0 Å². The molecular weight excluding hydrogens is 194 g/mol. The van der Waals surface area contributed by atoms with Crippen LogP contribution in [0.5, 0.6) is 0 Å². The van der Waals surface area contributed by atoms with Crippen molar-refractivity contribution in [3.05, 3.63) is 34.9 Å². The van der Waals surface area contributed by atoms with Crippen molar-refractivity contribution in [3.8, 4) is 0 Å². The lowest BCUT2D eigenvalue weighted by Crippen LogP contribution is -2.24. The Labute approximate surface area is 91.5 Å². The summed E-state index contributed by atoms with van der Waals surface area (Å²) in [5.41, 5.74) is 1.25. The van der Waals surface area contributed by atoms with E-state index >= 15 is 0 Å². The maximum Gasteiger partial charge on any atom is 0.0437 e. The molecule has 0 heterocycles. The zero-order valence-corrected chi connectivity index (χ0v) is 9.64. The van der Waals surface area contributed by atoms with Crippen LogP contribution in [-0.2, 0) is 6.42 Å². The molecule has 14 heavy (non-hydrogen) atoms. The van der Waals surface area contributed by atoms with Gasteiger partial charge in [-0.2, -0.15) is 0 Å². The molecule has 0 radical (unpaired) electrons. The fourth-order valence-corrected chi connectivity index (χ4v) is 1.81. The monoisotopic (exact) mass is 211 g/mol. The minimum atomic E-state index is 0.603. The Kier molecular flexibility index (Phi) is 4.99. The SMILES string of the molecule is CCC(CCc1ccccc1Cl)NC. The van der Waals surface area contributed by atoms with Crippen LogP contribution in [0.25, 0.3) is 0 Å². The third kappa shape index (κ3) is 3.32. The van der Waals surface area contributed by atoms with Gasteiger partial charge in [0.05, 0.1) is 0 Å². The Morgan fingerprint density at radius 2 is 2.07 bits per heavy atom. The van der Waals surface area contributed by atoms with Crippen LogP contribution in [0.3, 0.4) is 0 Å². The fourth-order valence-electron chi connectivity index (χ4n) is 1.58. The van der Waals surface area contributed by atoms with Crippen LogP contribution < -0.4 is 5.32 Å². The number of aryl methyl sites for hydroxylation is 1. The van der Waals surface area contributed by atoms with E-state index in [2.05, 4.69) is 18.3 Å². The first-order valence-electron chi connectivity index (χ1n) is 5.18. The molecule has 0 aliphatic heterocycles. The van der Waals surface area contributed by atoms with E-state index in [1.54, 1.807) is 0 Å². The Morgan fingerprint density at radius 3 is 2.64 bits per heavy atom. The first kappa shape index (κ1) is 11.5. The van der Waals surface area contributed by atoms with Gasteiger partial charge in [0.2, 0.25) is 0 Å². The van der Waals surface area contributed by atoms with Crippen LogP contribution in [0.2, 0.25) is 5.02 Å². The number of hydrogen-bond acceptors (Lipinski definition) is 1. The van der Waals surface area contributed by atoms with Gasteiger partial charge >= 0.3 is 0 Å². The molecule has 0 amide bonds. The Bertz CT molecular complexity index is 269. The van der Waals surface area contributed by atoms with E-state index in [4.69, 9.17) is 11.6 Å². The summed E-state index contributed by atoms with van der Waals surface area (Å²) in [6.45, 7) is 2.20. The maximum absolute atomic E-state index is 6.07. The number of hydrogen-bond donors (Lipinski definition) is 1. The van der Waals surface area contributed by atoms with Gasteiger partial charge in [0.15, 0.2) is 0 Å². The predicted molar refractivity (Wildman–Crippen MR) is 62.9 cm³/mol. The first-order valence-corrected chi connectivity index (χ1v) is 5.56. The van der Waals surface area contributed by atoms with Crippen LogP contribution in [0, 0.1) is 0 Å². The molecule has 1 rings (SSSR count). The molecule has 0 saturated heterocycles. The highest BCUT2D eigenvalue weighted by molar-refractivity contribution is 6.31. The first-order chi connectivity index (χ1) is 6.77. The maximum atomic E-state index is 6.07. The smallest absolute Gasteiger partial charge is 0.0437 e. The van der Waals surface area contributed by atoms with Gasteiger partial charge in [0.25, 0.3) is 0 Å². The van der Waals surface area contributed by atoms with Crippen molar-refractivity contribution in [2.75, 3.05) is 7.05 Å². The molecule has 78 valence electrons. The van der Waals surface area contributed by atoms with Gasteiger partial charge < -0.3 is 5.32 Å². The molecule has 0 aromatic heterocycles. The van der Waals surface area contributed by atoms with Crippen LogP contribution in [0.1, 0.15) is 25.3 Å². The summed E-state index contributed by atoms with van der Waals surface area (Å²) in [5.74, 6) is 0. The van der Waals surface area contributed by atoms with Crippen molar-refractivity contribution in [2.24, 2.45) is 0 Å². The van der Waals surface area contributed by atoms with Gasteiger partial charge in [-0.25, -0.2) is 0 Å². The highest BCUT2D eigenvalue weighted by Gasteiger charge is 2.04. The van der Waals surface area contributed by atoms with Crippen LogP contribution in [0.15, 0.2) is 24.3 Å². The number of halogens is 1. The zero-order valence-electron chi connectivity index (χ0n) is 8.89. The largest absolute Gasteiger partial charge is 0.317 e. The van der Waals surface area contributed by atoms with Gasteiger partial charge in [-0.3, -0.25) is 0 Å². The zero-order chi connectivity index (χ0) is 10.4. The second-order valence-corrected chi connectivity index (χ2v) is 3.93. The molecule has 1 N–H and O–H groups in total. The summed E-state index contributed by atoms with van der Waals surface area (Å²) in [6, 6.07) is 8.68. The quantitative estimate of drug-likeness (QED) is 0.789. The summed E-state index contributed by atoms with van der Waals surface area (Å²) < 4.78 is 0. The lowest BCUT2D eigenvalue weighted by Gasteiger charge is -2.13. The van der Waals surface area contributed by atoms with Crippen LogP contribution in [-0.4, -0.2) is 13.1 Å². The molecule has 0 saturated carbocycles. The molecule has 2 heteroatoms. The molecule has 0 aliphatic rings. The number of nitrogens with one attached hydrogen (secondary N) is 1. The minimum Gasteiger partial charge on any atom is -0.317 e. The normalized spacial score (nSPS) is 12.8. The molecule has 1 nitrogen and oxygen atoms in total. The topological polar surface area (TPSA) is 12.0 Å². The van der Waals surface area contributed by atoms with Crippen molar-refractivity contribution in [1.29, 1.82) is 0 Å². The average Bonchev–Trinajstić information content (AvgIpc) is 2.22. The molecule has 1 aromatic carbocycles. The Hall–Kier alpha value is -0.530. The van der Waals surface area contributed by atoms with Gasteiger partial charge in [-0.05, 0) is 37.9 Å². The van der Waals surface area contributed by atoms with E-state index in [0.717, 1.165) is 17.9 Å². The third-order valence-corrected chi connectivity index (χ3v) is 2.99. The lowest BCUT2D eigenvalue weighted by molar-refractivity contribution is 0.509. The van der Waals surface area contributed by atoms with Crippen molar-refractivity contribution in [3.63, 3.8) is 0 Å². The molecule has 1 aromatic rings. The predicted octanol–water partition coefficient (Wildman–Crippen LogP) is 3.27. The van der Waals surface area contributed by atoms with Gasteiger partial charge in [-0.1, -0.05) is 36.7 Å². The molecule has 1 unspecified atom stereocenters. The molecule has 0 bridgehead atoms.